The van der Waals surface area contributed by atoms with Gasteiger partial charge in [-0.05, 0) is 25.5 Å². The first-order valence-corrected chi connectivity index (χ1v) is 5.49. The van der Waals surface area contributed by atoms with Crippen LogP contribution in [-0.4, -0.2) is 17.3 Å². The Morgan fingerprint density at radius 1 is 1.47 bits per heavy atom. The molecular formula is C12H18F2N2O. The number of nitrogen functional groups attached to an aromatic ring is 1. The van der Waals surface area contributed by atoms with E-state index >= 15 is 0 Å². The molecule has 1 rings (SSSR count). The molecule has 1 atom stereocenters. The van der Waals surface area contributed by atoms with E-state index in [-0.39, 0.29) is 11.3 Å². The van der Waals surface area contributed by atoms with E-state index in [1.54, 1.807) is 6.92 Å². The van der Waals surface area contributed by atoms with Crippen molar-refractivity contribution >= 4 is 11.4 Å². The minimum atomic E-state index is -2.52. The van der Waals surface area contributed by atoms with Crippen LogP contribution >= 0.6 is 0 Å². The number of anilines is 2. The highest BCUT2D eigenvalue weighted by Crippen LogP contribution is 2.26. The maximum Gasteiger partial charge on any atom is 0.263 e. The Bertz CT molecular complexity index is 381. The number of aliphatic hydroxyl groups is 1. The van der Waals surface area contributed by atoms with Gasteiger partial charge in [0.25, 0.3) is 6.43 Å². The van der Waals surface area contributed by atoms with E-state index in [0.717, 1.165) is 0 Å². The molecule has 1 unspecified atom stereocenters. The van der Waals surface area contributed by atoms with E-state index in [0.29, 0.717) is 18.7 Å². The molecule has 96 valence electrons. The third-order valence-electron chi connectivity index (χ3n) is 2.75. The Labute approximate surface area is 99.6 Å². The zero-order chi connectivity index (χ0) is 13.1. The number of nitrogens with two attached hydrogens (primary N) is 1. The Kier molecular flexibility index (Phi) is 4.28. The zero-order valence-electron chi connectivity index (χ0n) is 10.0. The summed E-state index contributed by atoms with van der Waals surface area (Å²) >= 11 is 0. The van der Waals surface area contributed by atoms with Crippen LogP contribution < -0.4 is 11.1 Å². The Morgan fingerprint density at radius 2 is 2.12 bits per heavy atom. The lowest BCUT2D eigenvalue weighted by Gasteiger charge is -2.23. The summed E-state index contributed by atoms with van der Waals surface area (Å²) < 4.78 is 24.8. The molecule has 0 saturated heterocycles. The Hall–Kier alpha value is -1.36. The average Bonchev–Trinajstić information content (AvgIpc) is 2.27. The summed E-state index contributed by atoms with van der Waals surface area (Å²) in [5.74, 6) is 0. The van der Waals surface area contributed by atoms with Gasteiger partial charge in [0.1, 0.15) is 0 Å². The summed E-state index contributed by atoms with van der Waals surface area (Å²) in [4.78, 5) is 0. The number of rotatable bonds is 5. The topological polar surface area (TPSA) is 58.3 Å². The molecule has 0 radical (unpaired) electrons. The Balaban J connectivity index is 2.73. The molecule has 4 N–H and O–H groups in total. The second-order valence-corrected chi connectivity index (χ2v) is 4.35. The molecule has 0 bridgehead atoms. The van der Waals surface area contributed by atoms with Crippen LogP contribution in [0, 0.1) is 0 Å². The van der Waals surface area contributed by atoms with Crippen molar-refractivity contribution in [1.82, 2.24) is 0 Å². The lowest BCUT2D eigenvalue weighted by molar-refractivity contribution is 0.0697. The predicted octanol–water partition coefficient (Wildman–Crippen LogP) is 2.78. The maximum atomic E-state index is 12.4. The van der Waals surface area contributed by atoms with Gasteiger partial charge in [-0.25, -0.2) is 8.78 Å². The molecule has 0 aliphatic rings. The van der Waals surface area contributed by atoms with Gasteiger partial charge in [-0.15, -0.1) is 0 Å². The van der Waals surface area contributed by atoms with E-state index in [4.69, 9.17) is 5.73 Å². The minimum Gasteiger partial charge on any atom is -0.397 e. The highest BCUT2D eigenvalue weighted by molar-refractivity contribution is 5.67. The van der Waals surface area contributed by atoms with Crippen LogP contribution in [0.25, 0.3) is 0 Å². The normalized spacial score (nSPS) is 14.7. The number of halogens is 2. The first-order valence-electron chi connectivity index (χ1n) is 5.49. The second kappa shape index (κ2) is 5.31. The Morgan fingerprint density at radius 3 is 2.59 bits per heavy atom. The monoisotopic (exact) mass is 244 g/mol. The van der Waals surface area contributed by atoms with Gasteiger partial charge in [0, 0.05) is 12.1 Å². The van der Waals surface area contributed by atoms with E-state index in [1.807, 2.05) is 6.92 Å². The fourth-order valence-corrected chi connectivity index (χ4v) is 1.29. The highest BCUT2D eigenvalue weighted by atomic mass is 19.3. The fourth-order valence-electron chi connectivity index (χ4n) is 1.29. The van der Waals surface area contributed by atoms with Crippen molar-refractivity contribution in [1.29, 1.82) is 0 Å². The SMILES string of the molecule is CCC(C)(O)CNc1ccc(C(F)F)cc1N. The molecule has 0 saturated carbocycles. The molecule has 0 aliphatic carbocycles. The molecule has 5 heteroatoms. The first-order chi connectivity index (χ1) is 7.85. The van der Waals surface area contributed by atoms with Gasteiger partial charge < -0.3 is 16.2 Å². The molecule has 1 aromatic carbocycles. The summed E-state index contributed by atoms with van der Waals surface area (Å²) in [6.45, 7) is 3.89. The standard InChI is InChI=1S/C12H18F2N2O/c1-3-12(2,17)7-16-10-5-4-8(11(13)14)6-9(10)15/h4-6,11,16-17H,3,7,15H2,1-2H3. The largest absolute Gasteiger partial charge is 0.397 e. The van der Waals surface area contributed by atoms with Crippen LogP contribution in [0.3, 0.4) is 0 Å². The summed E-state index contributed by atoms with van der Waals surface area (Å²) in [7, 11) is 0. The lowest BCUT2D eigenvalue weighted by atomic mass is 10.0. The average molecular weight is 244 g/mol. The van der Waals surface area contributed by atoms with Crippen molar-refractivity contribution in [3.8, 4) is 0 Å². The third-order valence-corrected chi connectivity index (χ3v) is 2.75. The fraction of sp³-hybridized carbons (Fsp3) is 0.500. The number of hydrogen-bond donors (Lipinski definition) is 3. The molecule has 1 aromatic rings. The van der Waals surface area contributed by atoms with Gasteiger partial charge in [0.2, 0.25) is 0 Å². The van der Waals surface area contributed by atoms with Crippen LogP contribution in [-0.2, 0) is 0 Å². The maximum absolute atomic E-state index is 12.4. The number of hydrogen-bond acceptors (Lipinski definition) is 3. The van der Waals surface area contributed by atoms with Crippen LogP contribution in [0.5, 0.6) is 0 Å². The zero-order valence-corrected chi connectivity index (χ0v) is 10.0. The number of benzene rings is 1. The first kappa shape index (κ1) is 13.7. The summed E-state index contributed by atoms with van der Waals surface area (Å²) in [5.41, 5.74) is 5.53. The van der Waals surface area contributed by atoms with Gasteiger partial charge in [0.15, 0.2) is 0 Å². The lowest BCUT2D eigenvalue weighted by Crippen LogP contribution is -2.32. The van der Waals surface area contributed by atoms with Gasteiger partial charge in [-0.2, -0.15) is 0 Å². The van der Waals surface area contributed by atoms with Crippen LogP contribution in [0.1, 0.15) is 32.3 Å². The van der Waals surface area contributed by atoms with Crippen molar-refractivity contribution in [2.75, 3.05) is 17.6 Å². The third kappa shape index (κ3) is 3.85. The van der Waals surface area contributed by atoms with E-state index in [1.165, 1.54) is 18.2 Å². The van der Waals surface area contributed by atoms with Crippen LogP contribution in [0.2, 0.25) is 0 Å². The van der Waals surface area contributed by atoms with Crippen molar-refractivity contribution in [3.63, 3.8) is 0 Å². The van der Waals surface area contributed by atoms with E-state index < -0.39 is 12.0 Å². The molecule has 3 nitrogen and oxygen atoms in total. The van der Waals surface area contributed by atoms with E-state index in [9.17, 15) is 13.9 Å². The summed E-state index contributed by atoms with van der Waals surface area (Å²) in [5, 5.41) is 12.7. The molecule has 0 amide bonds. The molecule has 0 heterocycles. The quantitative estimate of drug-likeness (QED) is 0.698. The van der Waals surface area contributed by atoms with Crippen molar-refractivity contribution in [2.45, 2.75) is 32.3 Å². The second-order valence-electron chi connectivity index (χ2n) is 4.35. The van der Waals surface area contributed by atoms with Gasteiger partial charge in [-0.1, -0.05) is 13.0 Å². The van der Waals surface area contributed by atoms with Crippen LogP contribution in [0.4, 0.5) is 20.2 Å². The van der Waals surface area contributed by atoms with Gasteiger partial charge in [-0.3, -0.25) is 0 Å². The predicted molar refractivity (Wildman–Crippen MR) is 65.2 cm³/mol. The molecule has 0 aliphatic heterocycles. The molecular weight excluding hydrogens is 226 g/mol. The molecule has 0 spiro atoms. The van der Waals surface area contributed by atoms with Gasteiger partial charge in [0.05, 0.1) is 17.0 Å². The van der Waals surface area contributed by atoms with Crippen molar-refractivity contribution < 1.29 is 13.9 Å². The number of alkyl halides is 2. The van der Waals surface area contributed by atoms with Crippen molar-refractivity contribution in [3.05, 3.63) is 23.8 Å². The van der Waals surface area contributed by atoms with Gasteiger partial charge >= 0.3 is 0 Å². The molecule has 0 aromatic heterocycles. The van der Waals surface area contributed by atoms with E-state index in [2.05, 4.69) is 5.32 Å². The number of nitrogens with one attached hydrogen (secondary N) is 1. The smallest absolute Gasteiger partial charge is 0.263 e. The summed E-state index contributed by atoms with van der Waals surface area (Å²) in [6, 6.07) is 4.07. The summed E-state index contributed by atoms with van der Waals surface area (Å²) in [6.07, 6.45) is -1.93. The highest BCUT2D eigenvalue weighted by Gasteiger charge is 2.17. The molecule has 0 fully saturated rings. The van der Waals surface area contributed by atoms with Crippen LogP contribution in [0.15, 0.2) is 18.2 Å². The minimum absolute atomic E-state index is 0.102. The van der Waals surface area contributed by atoms with Crippen molar-refractivity contribution in [2.24, 2.45) is 0 Å². The molecule has 17 heavy (non-hydrogen) atoms.